The van der Waals surface area contributed by atoms with E-state index < -0.39 is 17.9 Å². The molecule has 0 aliphatic carbocycles. The first kappa shape index (κ1) is 11.8. The highest BCUT2D eigenvalue weighted by atomic mass is 16.5. The molecule has 1 radical (unpaired) electrons. The molecule has 0 saturated carbocycles. The fraction of sp³-hybridized carbons (Fsp3) is 0.143. The van der Waals surface area contributed by atoms with Crippen LogP contribution >= 0.6 is 0 Å². The van der Waals surface area contributed by atoms with Crippen molar-refractivity contribution in [1.82, 2.24) is 5.06 Å². The van der Waals surface area contributed by atoms with Crippen LogP contribution in [0, 0.1) is 0 Å². The SMILES string of the molecule is O=C1CC(Nc2cccc3ccccc23)C(=O)[N+]1O. The van der Waals surface area contributed by atoms with Gasteiger partial charge in [0.2, 0.25) is 0 Å². The van der Waals surface area contributed by atoms with Gasteiger partial charge in [-0.3, -0.25) is 0 Å². The van der Waals surface area contributed by atoms with E-state index in [0.29, 0.717) is 0 Å². The van der Waals surface area contributed by atoms with E-state index in [0.717, 1.165) is 16.5 Å². The Labute approximate surface area is 109 Å². The lowest BCUT2D eigenvalue weighted by Crippen LogP contribution is -2.36. The number of imide groups is 1. The van der Waals surface area contributed by atoms with E-state index in [-0.39, 0.29) is 11.5 Å². The minimum atomic E-state index is -0.705. The number of carbonyl (C=O) groups excluding carboxylic acids is 2. The Morgan fingerprint density at radius 3 is 2.58 bits per heavy atom. The molecule has 0 aromatic heterocycles. The molecule has 1 atom stereocenters. The zero-order valence-electron chi connectivity index (χ0n) is 10.0. The molecule has 2 aromatic carbocycles. The normalized spacial score (nSPS) is 20.2. The number of fused-ring (bicyclic) bond motifs is 1. The van der Waals surface area contributed by atoms with E-state index >= 15 is 0 Å². The van der Waals surface area contributed by atoms with Crippen molar-refractivity contribution in [3.63, 3.8) is 0 Å². The molecule has 5 nitrogen and oxygen atoms in total. The van der Waals surface area contributed by atoms with E-state index in [4.69, 9.17) is 0 Å². The third-order valence-electron chi connectivity index (χ3n) is 3.24. The van der Waals surface area contributed by atoms with Crippen molar-refractivity contribution in [1.29, 1.82) is 0 Å². The van der Waals surface area contributed by atoms with Gasteiger partial charge in [-0.05, 0) is 11.5 Å². The topological polar surface area (TPSA) is 72.3 Å². The summed E-state index contributed by atoms with van der Waals surface area (Å²) in [5, 5.41) is 14.4. The fourth-order valence-corrected chi connectivity index (χ4v) is 2.27. The van der Waals surface area contributed by atoms with Gasteiger partial charge in [0.1, 0.15) is 11.5 Å². The monoisotopic (exact) mass is 256 g/mol. The number of carbonyl (C=O) groups is 2. The molecule has 2 N–H and O–H groups in total. The average molecular weight is 256 g/mol. The third kappa shape index (κ3) is 1.99. The van der Waals surface area contributed by atoms with Crippen LogP contribution < -0.4 is 10.4 Å². The van der Waals surface area contributed by atoms with Crippen molar-refractivity contribution in [2.75, 3.05) is 5.32 Å². The summed E-state index contributed by atoms with van der Waals surface area (Å²) < 4.78 is 0. The van der Waals surface area contributed by atoms with Gasteiger partial charge in [0.05, 0.1) is 0 Å². The predicted molar refractivity (Wildman–Crippen MR) is 69.9 cm³/mol. The van der Waals surface area contributed by atoms with Crippen molar-refractivity contribution >= 4 is 28.3 Å². The Bertz CT molecular complexity index is 663. The molecule has 3 rings (SSSR count). The molecular formula is C14H12N2O3+. The molecule has 2 aromatic rings. The molecule has 1 unspecified atom stereocenters. The Kier molecular flexibility index (Phi) is 2.77. The quantitative estimate of drug-likeness (QED) is 0.486. The zero-order chi connectivity index (χ0) is 13.4. The fourth-order valence-electron chi connectivity index (χ4n) is 2.27. The van der Waals surface area contributed by atoms with Crippen LogP contribution in [-0.2, 0) is 9.59 Å². The zero-order valence-corrected chi connectivity index (χ0v) is 10.0. The second-order valence-corrected chi connectivity index (χ2v) is 4.47. The molecule has 1 aliphatic heterocycles. The number of nitrogens with zero attached hydrogens (tertiary/aromatic N) is 1. The Morgan fingerprint density at radius 2 is 1.84 bits per heavy atom. The van der Waals surface area contributed by atoms with Gasteiger partial charge in [0, 0.05) is 11.1 Å². The first-order valence-electron chi connectivity index (χ1n) is 5.97. The summed E-state index contributed by atoms with van der Waals surface area (Å²) in [7, 11) is 0. The Balaban J connectivity index is 1.94. The van der Waals surface area contributed by atoms with E-state index in [9.17, 15) is 14.8 Å². The second-order valence-electron chi connectivity index (χ2n) is 4.47. The van der Waals surface area contributed by atoms with Crippen LogP contribution in [0.4, 0.5) is 5.69 Å². The number of benzene rings is 2. The molecular weight excluding hydrogens is 244 g/mol. The van der Waals surface area contributed by atoms with Crippen LogP contribution in [0.25, 0.3) is 10.8 Å². The van der Waals surface area contributed by atoms with E-state index in [1.807, 2.05) is 42.5 Å². The second kappa shape index (κ2) is 4.46. The molecule has 1 fully saturated rings. The maximum Gasteiger partial charge on any atom is 0.429 e. The summed E-state index contributed by atoms with van der Waals surface area (Å²) >= 11 is 0. The summed E-state index contributed by atoms with van der Waals surface area (Å²) in [6.07, 6.45) is -0.0292. The van der Waals surface area contributed by atoms with Crippen LogP contribution in [0.5, 0.6) is 0 Å². The van der Waals surface area contributed by atoms with Gasteiger partial charge in [0.25, 0.3) is 0 Å². The minimum Gasteiger partial charge on any atom is -0.369 e. The molecule has 2 amide bonds. The largest absolute Gasteiger partial charge is 0.429 e. The third-order valence-corrected chi connectivity index (χ3v) is 3.24. The number of anilines is 1. The average Bonchev–Trinajstić information content (AvgIpc) is 2.67. The maximum atomic E-state index is 11.6. The Hall–Kier alpha value is -2.24. The van der Waals surface area contributed by atoms with Crippen molar-refractivity contribution in [2.45, 2.75) is 12.5 Å². The maximum absolute atomic E-state index is 11.6. The van der Waals surface area contributed by atoms with Gasteiger partial charge >= 0.3 is 11.8 Å². The van der Waals surface area contributed by atoms with Crippen molar-refractivity contribution in [3.8, 4) is 0 Å². The minimum absolute atomic E-state index is 0.0292. The molecule has 1 heterocycles. The van der Waals surface area contributed by atoms with Crippen LogP contribution in [-0.4, -0.2) is 23.1 Å². The van der Waals surface area contributed by atoms with Gasteiger partial charge in [-0.2, -0.15) is 0 Å². The molecule has 19 heavy (non-hydrogen) atoms. The highest BCUT2D eigenvalue weighted by Crippen LogP contribution is 2.25. The van der Waals surface area contributed by atoms with E-state index in [2.05, 4.69) is 5.32 Å². The number of amides is 2. The summed E-state index contributed by atoms with van der Waals surface area (Å²) in [4.78, 5) is 22.9. The standard InChI is InChI=1S/C14H12N2O3/c17-13-8-12(14(18)16(13)19)15-11-7-3-5-9-4-1-2-6-10(9)11/h1-7,12,15,19H,8H2/q+1. The first-order chi connectivity index (χ1) is 9.16. The van der Waals surface area contributed by atoms with Gasteiger partial charge < -0.3 is 5.32 Å². The molecule has 1 aliphatic rings. The highest BCUT2D eigenvalue weighted by Gasteiger charge is 2.51. The summed E-state index contributed by atoms with van der Waals surface area (Å²) in [5.41, 5.74) is 0.777. The lowest BCUT2D eigenvalue weighted by Gasteiger charge is -2.11. The number of hydroxylamine groups is 2. The molecule has 95 valence electrons. The van der Waals surface area contributed by atoms with Crippen LogP contribution in [0.3, 0.4) is 0 Å². The molecule has 0 spiro atoms. The van der Waals surface area contributed by atoms with E-state index in [1.54, 1.807) is 0 Å². The summed E-state index contributed by atoms with van der Waals surface area (Å²) in [6.45, 7) is 0. The number of nitrogens with one attached hydrogen (secondary N) is 1. The first-order valence-corrected chi connectivity index (χ1v) is 5.97. The summed E-state index contributed by atoms with van der Waals surface area (Å²) in [5.74, 6) is -1.19. The molecule has 0 bridgehead atoms. The molecule has 1 saturated heterocycles. The Morgan fingerprint density at radius 1 is 1.11 bits per heavy atom. The van der Waals surface area contributed by atoms with Crippen molar-refractivity contribution in [2.24, 2.45) is 0 Å². The van der Waals surface area contributed by atoms with Crippen LogP contribution in [0.15, 0.2) is 42.5 Å². The van der Waals surface area contributed by atoms with Gasteiger partial charge in [-0.15, -0.1) is 5.21 Å². The molecule has 5 heteroatoms. The summed E-state index contributed by atoms with van der Waals surface area (Å²) in [6, 6.07) is 12.8. The van der Waals surface area contributed by atoms with Gasteiger partial charge in [0.15, 0.2) is 6.04 Å². The van der Waals surface area contributed by atoms with E-state index in [1.165, 1.54) is 0 Å². The highest BCUT2D eigenvalue weighted by molar-refractivity contribution is 6.09. The number of rotatable bonds is 2. The van der Waals surface area contributed by atoms with Crippen LogP contribution in [0.1, 0.15) is 6.42 Å². The number of hydrogen-bond acceptors (Lipinski definition) is 4. The lowest BCUT2D eigenvalue weighted by atomic mass is 10.1. The smallest absolute Gasteiger partial charge is 0.369 e. The van der Waals surface area contributed by atoms with Gasteiger partial charge in [-0.25, -0.2) is 9.59 Å². The van der Waals surface area contributed by atoms with Crippen molar-refractivity contribution < 1.29 is 14.8 Å². The van der Waals surface area contributed by atoms with Crippen molar-refractivity contribution in [3.05, 3.63) is 42.5 Å². The van der Waals surface area contributed by atoms with Crippen LogP contribution in [0.2, 0.25) is 0 Å². The van der Waals surface area contributed by atoms with Gasteiger partial charge in [-0.1, -0.05) is 36.4 Å². The predicted octanol–water partition coefficient (Wildman–Crippen LogP) is 1.61. The lowest BCUT2D eigenvalue weighted by molar-refractivity contribution is -0.151. The number of hydrogen-bond donors (Lipinski definition) is 2.